The molecule has 1 amide bonds. The number of aromatic nitrogens is 2. The zero-order chi connectivity index (χ0) is 15.2. The molecular formula is C16H24N4O. The van der Waals surface area contributed by atoms with Crippen molar-refractivity contribution in [2.45, 2.75) is 45.7 Å². The van der Waals surface area contributed by atoms with Gasteiger partial charge in [-0.3, -0.25) is 4.79 Å². The van der Waals surface area contributed by atoms with Gasteiger partial charge in [-0.2, -0.15) is 0 Å². The fourth-order valence-electron chi connectivity index (χ4n) is 2.46. The van der Waals surface area contributed by atoms with E-state index in [1.807, 2.05) is 31.2 Å². The minimum Gasteiger partial charge on any atom is -0.353 e. The Morgan fingerprint density at radius 3 is 2.95 bits per heavy atom. The van der Waals surface area contributed by atoms with Gasteiger partial charge in [0, 0.05) is 13.1 Å². The van der Waals surface area contributed by atoms with Crippen molar-refractivity contribution >= 4 is 16.9 Å². The summed E-state index contributed by atoms with van der Waals surface area (Å²) in [5.74, 6) is 0.895. The number of rotatable bonds is 7. The molecule has 0 aliphatic heterocycles. The summed E-state index contributed by atoms with van der Waals surface area (Å²) < 4.78 is 2.12. The van der Waals surface area contributed by atoms with E-state index in [0.717, 1.165) is 36.1 Å². The number of hydrogen-bond donors (Lipinski definition) is 2. The van der Waals surface area contributed by atoms with Crippen LogP contribution in [-0.2, 0) is 11.3 Å². The van der Waals surface area contributed by atoms with E-state index in [-0.39, 0.29) is 5.91 Å². The van der Waals surface area contributed by atoms with Gasteiger partial charge in [0.05, 0.1) is 17.1 Å². The first-order valence-corrected chi connectivity index (χ1v) is 7.58. The highest BCUT2D eigenvalue weighted by Crippen LogP contribution is 2.14. The molecule has 0 aliphatic carbocycles. The zero-order valence-corrected chi connectivity index (χ0v) is 12.8. The van der Waals surface area contributed by atoms with Gasteiger partial charge in [0.15, 0.2) is 0 Å². The second-order valence-electron chi connectivity index (χ2n) is 5.34. The molecule has 1 atom stereocenters. The molecule has 0 radical (unpaired) electrons. The van der Waals surface area contributed by atoms with Crippen LogP contribution in [0.2, 0.25) is 0 Å². The highest BCUT2D eigenvalue weighted by molar-refractivity contribution is 5.81. The van der Waals surface area contributed by atoms with Gasteiger partial charge >= 0.3 is 0 Å². The summed E-state index contributed by atoms with van der Waals surface area (Å²) in [6, 6.07) is 7.63. The maximum atomic E-state index is 11.9. The van der Waals surface area contributed by atoms with Crippen molar-refractivity contribution in [3.63, 3.8) is 0 Å². The molecule has 2 rings (SSSR count). The third kappa shape index (κ3) is 3.82. The molecular weight excluding hydrogens is 264 g/mol. The SMILES string of the molecule is CCCCC(N)C(=O)NCCn1c(C)nc2ccccc21. The molecule has 0 saturated carbocycles. The Morgan fingerprint density at radius 2 is 2.19 bits per heavy atom. The molecule has 2 aromatic rings. The molecule has 0 spiro atoms. The quantitative estimate of drug-likeness (QED) is 0.818. The second-order valence-corrected chi connectivity index (χ2v) is 5.34. The third-order valence-corrected chi connectivity index (χ3v) is 3.69. The summed E-state index contributed by atoms with van der Waals surface area (Å²) in [4.78, 5) is 16.4. The lowest BCUT2D eigenvalue weighted by Crippen LogP contribution is -2.41. The second kappa shape index (κ2) is 7.22. The number of nitrogens with zero attached hydrogens (tertiary/aromatic N) is 2. The highest BCUT2D eigenvalue weighted by Gasteiger charge is 2.12. The minimum absolute atomic E-state index is 0.0643. The van der Waals surface area contributed by atoms with Gasteiger partial charge in [-0.05, 0) is 25.5 Å². The van der Waals surface area contributed by atoms with Crippen molar-refractivity contribution < 1.29 is 4.79 Å². The Bertz CT molecular complexity index is 605. The molecule has 0 saturated heterocycles. The van der Waals surface area contributed by atoms with Crippen LogP contribution in [0.5, 0.6) is 0 Å². The van der Waals surface area contributed by atoms with Crippen LogP contribution in [0, 0.1) is 6.92 Å². The Balaban J connectivity index is 1.90. The zero-order valence-electron chi connectivity index (χ0n) is 12.8. The fraction of sp³-hybridized carbons (Fsp3) is 0.500. The summed E-state index contributed by atoms with van der Waals surface area (Å²) in [5, 5.41) is 2.91. The summed E-state index contributed by atoms with van der Waals surface area (Å²) in [7, 11) is 0. The average molecular weight is 288 g/mol. The maximum absolute atomic E-state index is 11.9. The predicted octanol–water partition coefficient (Wildman–Crippen LogP) is 1.98. The topological polar surface area (TPSA) is 72.9 Å². The summed E-state index contributed by atoms with van der Waals surface area (Å²) in [5.41, 5.74) is 7.94. The first-order valence-electron chi connectivity index (χ1n) is 7.58. The Kier molecular flexibility index (Phi) is 5.33. The Morgan fingerprint density at radius 1 is 1.43 bits per heavy atom. The normalized spacial score (nSPS) is 12.5. The van der Waals surface area contributed by atoms with E-state index in [4.69, 9.17) is 5.73 Å². The first-order chi connectivity index (χ1) is 10.1. The number of amides is 1. The molecule has 21 heavy (non-hydrogen) atoms. The summed E-state index contributed by atoms with van der Waals surface area (Å²) >= 11 is 0. The van der Waals surface area contributed by atoms with Crippen molar-refractivity contribution in [1.29, 1.82) is 0 Å². The molecule has 1 unspecified atom stereocenters. The molecule has 1 aromatic carbocycles. The molecule has 5 nitrogen and oxygen atoms in total. The van der Waals surface area contributed by atoms with E-state index in [9.17, 15) is 4.79 Å². The molecule has 114 valence electrons. The van der Waals surface area contributed by atoms with E-state index >= 15 is 0 Å². The smallest absolute Gasteiger partial charge is 0.236 e. The highest BCUT2D eigenvalue weighted by atomic mass is 16.2. The molecule has 3 N–H and O–H groups in total. The van der Waals surface area contributed by atoms with Gasteiger partial charge in [-0.15, -0.1) is 0 Å². The number of unbranched alkanes of at least 4 members (excludes halogenated alkanes) is 1. The van der Waals surface area contributed by atoms with Crippen molar-refractivity contribution in [2.24, 2.45) is 5.73 Å². The number of aryl methyl sites for hydroxylation is 1. The lowest BCUT2D eigenvalue weighted by Gasteiger charge is -2.13. The van der Waals surface area contributed by atoms with Gasteiger partial charge in [-0.1, -0.05) is 31.9 Å². The largest absolute Gasteiger partial charge is 0.353 e. The monoisotopic (exact) mass is 288 g/mol. The number of para-hydroxylation sites is 2. The van der Waals surface area contributed by atoms with Gasteiger partial charge < -0.3 is 15.6 Å². The summed E-state index contributed by atoms with van der Waals surface area (Å²) in [6.07, 6.45) is 2.79. The molecule has 0 aliphatic rings. The predicted molar refractivity (Wildman–Crippen MR) is 85.0 cm³/mol. The minimum atomic E-state index is -0.398. The van der Waals surface area contributed by atoms with E-state index < -0.39 is 6.04 Å². The van der Waals surface area contributed by atoms with Crippen LogP contribution in [0.4, 0.5) is 0 Å². The van der Waals surface area contributed by atoms with Gasteiger partial charge in [0.25, 0.3) is 0 Å². The molecule has 0 fully saturated rings. The van der Waals surface area contributed by atoms with E-state index in [2.05, 4.69) is 21.8 Å². The molecule has 1 heterocycles. The lowest BCUT2D eigenvalue weighted by molar-refractivity contribution is -0.122. The number of hydrogen-bond acceptors (Lipinski definition) is 3. The number of nitrogens with one attached hydrogen (secondary N) is 1. The lowest BCUT2D eigenvalue weighted by atomic mass is 10.1. The van der Waals surface area contributed by atoms with Crippen molar-refractivity contribution in [1.82, 2.24) is 14.9 Å². The first kappa shape index (κ1) is 15.5. The number of carbonyl (C=O) groups is 1. The van der Waals surface area contributed by atoms with Crippen LogP contribution in [0.1, 0.15) is 32.0 Å². The van der Waals surface area contributed by atoms with Crippen molar-refractivity contribution in [3.8, 4) is 0 Å². The number of carbonyl (C=O) groups excluding carboxylic acids is 1. The number of fused-ring (bicyclic) bond motifs is 1. The standard InChI is InChI=1S/C16H24N4O/c1-3-4-7-13(17)16(21)18-10-11-20-12(2)19-14-8-5-6-9-15(14)20/h5-6,8-9,13H,3-4,7,10-11,17H2,1-2H3,(H,18,21). The van der Waals surface area contributed by atoms with Gasteiger partial charge in [0.2, 0.25) is 5.91 Å². The molecule has 5 heteroatoms. The van der Waals surface area contributed by atoms with E-state index in [1.54, 1.807) is 0 Å². The third-order valence-electron chi connectivity index (χ3n) is 3.69. The number of benzene rings is 1. The van der Waals surface area contributed by atoms with Gasteiger partial charge in [-0.25, -0.2) is 4.98 Å². The Hall–Kier alpha value is -1.88. The van der Waals surface area contributed by atoms with Crippen LogP contribution in [-0.4, -0.2) is 28.0 Å². The molecule has 1 aromatic heterocycles. The fourth-order valence-corrected chi connectivity index (χ4v) is 2.46. The summed E-state index contributed by atoms with van der Waals surface area (Å²) in [6.45, 7) is 5.35. The van der Waals surface area contributed by atoms with Crippen LogP contribution >= 0.6 is 0 Å². The van der Waals surface area contributed by atoms with Crippen LogP contribution in [0.15, 0.2) is 24.3 Å². The van der Waals surface area contributed by atoms with Crippen molar-refractivity contribution in [2.75, 3.05) is 6.54 Å². The molecule has 0 bridgehead atoms. The van der Waals surface area contributed by atoms with Crippen LogP contribution < -0.4 is 11.1 Å². The van der Waals surface area contributed by atoms with E-state index in [1.165, 1.54) is 0 Å². The average Bonchev–Trinajstić information content (AvgIpc) is 2.80. The number of nitrogens with two attached hydrogens (primary N) is 1. The Labute approximate surface area is 125 Å². The maximum Gasteiger partial charge on any atom is 0.236 e. The number of imidazole rings is 1. The van der Waals surface area contributed by atoms with Crippen molar-refractivity contribution in [3.05, 3.63) is 30.1 Å². The van der Waals surface area contributed by atoms with Crippen LogP contribution in [0.25, 0.3) is 11.0 Å². The van der Waals surface area contributed by atoms with Crippen LogP contribution in [0.3, 0.4) is 0 Å². The van der Waals surface area contributed by atoms with E-state index in [0.29, 0.717) is 13.1 Å². The van der Waals surface area contributed by atoms with Gasteiger partial charge in [0.1, 0.15) is 5.82 Å².